The van der Waals surface area contributed by atoms with Crippen LogP contribution in [-0.4, -0.2) is 56.9 Å². The first-order valence-corrected chi connectivity index (χ1v) is 37.2. The summed E-state index contributed by atoms with van der Waals surface area (Å²) < 4.78 is 0. The average Bonchev–Trinajstić information content (AvgIpc) is 3.78. The molecule has 0 aliphatic heterocycles. The molecule has 0 N–H and O–H groups in total. The molecule has 0 saturated carbocycles. The van der Waals surface area contributed by atoms with Crippen LogP contribution < -0.4 is 10.6 Å². The molecule has 5 rings (SSSR count). The summed E-state index contributed by atoms with van der Waals surface area (Å²) in [6.07, 6.45) is 29.8. The van der Waals surface area contributed by atoms with E-state index in [1.807, 2.05) is 21.0 Å². The highest BCUT2D eigenvalue weighted by atomic mass is 31.1. The highest BCUT2D eigenvalue weighted by molar-refractivity contribution is 7.72. The fraction of sp³-hybridized carbons (Fsp3) is 0.667. The van der Waals surface area contributed by atoms with Crippen LogP contribution >= 0.6 is 15.8 Å². The molecule has 266 valence electrons. The van der Waals surface area contributed by atoms with Crippen LogP contribution in [0.3, 0.4) is 0 Å². The van der Waals surface area contributed by atoms with Crippen LogP contribution in [0.2, 0.25) is 89.6 Å². The Labute approximate surface area is 304 Å². The molecule has 4 aliphatic rings. The first kappa shape index (κ1) is 39.1. The van der Waals surface area contributed by atoms with E-state index < -0.39 is 32.3 Å². The van der Waals surface area contributed by atoms with Gasteiger partial charge in [-0.2, -0.15) is 0 Å². The molecular weight excluding hydrogens is 679 g/mol. The lowest BCUT2D eigenvalue weighted by molar-refractivity contribution is 0.668. The van der Waals surface area contributed by atoms with E-state index in [0.717, 1.165) is 34.8 Å². The summed E-state index contributed by atoms with van der Waals surface area (Å²) in [6.45, 7) is 31.5. The van der Waals surface area contributed by atoms with Crippen molar-refractivity contribution < 1.29 is 0 Å². The number of hydrogen-bond donors (Lipinski definition) is 0. The van der Waals surface area contributed by atoms with Gasteiger partial charge in [-0.15, -0.1) is 0 Å². The van der Waals surface area contributed by atoms with Gasteiger partial charge in [-0.05, 0) is 109 Å². The normalized spacial score (nSPS) is 29.4. The molecule has 0 saturated heterocycles. The zero-order valence-electron chi connectivity index (χ0n) is 33.2. The third-order valence-electron chi connectivity index (χ3n) is 12.5. The fourth-order valence-corrected chi connectivity index (χ4v) is 26.9. The molecule has 8 unspecified atom stereocenters. The standard InChI is InChI=1S/C42H72P2Si4/c1-45(2,3)39-25-15-19-33(39)29-43(30-34-20-16-26-40(34)46(4,5)6)37-23-13-14-24-38(37)44(31-35-21-17-27-41(35)47(7,8)9)32-36-22-18-28-42(36)48(10,11)12/h13-15,17,19,21,23-24,26,28,33-36,39,41H,16,18,20,22,25,27,29-32H2,1-12H3. The molecule has 8 atom stereocenters. The molecule has 0 aromatic heterocycles. The quantitative estimate of drug-likeness (QED) is 0.101. The molecule has 0 amide bonds. The SMILES string of the molecule is C[Si](C)(C)C1=CCCC1CP(CC1C=CCC1[Si](C)(C)C)c1ccccc1P(CC1CCC=C1[Si](C)(C)C)CC1C=CCC1[Si](C)(C)C. The van der Waals surface area contributed by atoms with Gasteiger partial charge in [-0.1, -0.05) is 166 Å². The highest BCUT2D eigenvalue weighted by Gasteiger charge is 2.41. The monoisotopic (exact) mass is 750 g/mol. The zero-order valence-corrected chi connectivity index (χ0v) is 39.0. The molecule has 0 bridgehead atoms. The Morgan fingerprint density at radius 2 is 0.917 bits per heavy atom. The minimum Gasteiger partial charge on any atom is -0.0889 e. The van der Waals surface area contributed by atoms with Crippen LogP contribution in [0.25, 0.3) is 0 Å². The molecule has 6 heteroatoms. The van der Waals surface area contributed by atoms with E-state index in [-0.39, 0.29) is 15.8 Å². The van der Waals surface area contributed by atoms with E-state index in [9.17, 15) is 0 Å². The largest absolute Gasteiger partial charge is 0.0889 e. The second kappa shape index (κ2) is 15.5. The van der Waals surface area contributed by atoms with Gasteiger partial charge in [0.2, 0.25) is 0 Å². The lowest BCUT2D eigenvalue weighted by Crippen LogP contribution is -2.36. The van der Waals surface area contributed by atoms with Crippen molar-refractivity contribution in [3.8, 4) is 0 Å². The van der Waals surface area contributed by atoms with E-state index >= 15 is 0 Å². The Bertz CT molecular complexity index is 1270. The van der Waals surface area contributed by atoms with E-state index in [1.165, 1.54) is 63.2 Å². The van der Waals surface area contributed by atoms with E-state index in [4.69, 9.17) is 0 Å². The summed E-state index contributed by atoms with van der Waals surface area (Å²) >= 11 is 0. The van der Waals surface area contributed by atoms with Crippen LogP contribution in [0.1, 0.15) is 38.5 Å². The summed E-state index contributed by atoms with van der Waals surface area (Å²) in [7, 11) is -5.56. The first-order valence-electron chi connectivity index (χ1n) is 19.7. The highest BCUT2D eigenvalue weighted by Crippen LogP contribution is 2.54. The van der Waals surface area contributed by atoms with Gasteiger partial charge in [0.05, 0.1) is 16.1 Å². The number of benzene rings is 1. The molecule has 0 nitrogen and oxygen atoms in total. The maximum Gasteiger partial charge on any atom is 0.0724 e. The van der Waals surface area contributed by atoms with Crippen LogP contribution in [-0.2, 0) is 0 Å². The first-order chi connectivity index (χ1) is 22.3. The van der Waals surface area contributed by atoms with Crippen molar-refractivity contribution in [3.63, 3.8) is 0 Å². The van der Waals surface area contributed by atoms with Gasteiger partial charge in [-0.3, -0.25) is 0 Å². The summed E-state index contributed by atoms with van der Waals surface area (Å²) in [5.74, 6) is 3.22. The number of rotatable bonds is 14. The molecule has 0 radical (unpaired) electrons. The Morgan fingerprint density at radius 1 is 0.542 bits per heavy atom. The van der Waals surface area contributed by atoms with Crippen LogP contribution in [0.4, 0.5) is 0 Å². The lowest BCUT2D eigenvalue weighted by Gasteiger charge is -2.38. The van der Waals surface area contributed by atoms with Crippen molar-refractivity contribution in [2.45, 2.75) is 128 Å². The fourth-order valence-electron chi connectivity index (χ4n) is 10.1. The number of allylic oxidation sites excluding steroid dienone is 8. The van der Waals surface area contributed by atoms with Gasteiger partial charge in [0.25, 0.3) is 0 Å². The van der Waals surface area contributed by atoms with Crippen LogP contribution in [0.5, 0.6) is 0 Å². The van der Waals surface area contributed by atoms with Crippen molar-refractivity contribution in [1.82, 2.24) is 0 Å². The Balaban J connectivity index is 1.55. The average molecular weight is 751 g/mol. The van der Waals surface area contributed by atoms with Gasteiger partial charge >= 0.3 is 0 Å². The minimum atomic E-state index is -1.32. The summed E-state index contributed by atoms with van der Waals surface area (Å²) in [5.41, 5.74) is 1.83. The smallest absolute Gasteiger partial charge is 0.0724 e. The molecule has 0 spiro atoms. The van der Waals surface area contributed by atoms with Crippen molar-refractivity contribution >= 4 is 58.7 Å². The minimum absolute atomic E-state index is 0.228. The van der Waals surface area contributed by atoms with Crippen molar-refractivity contribution in [2.75, 3.05) is 24.6 Å². The molecule has 1 aromatic rings. The maximum atomic E-state index is 2.71. The summed E-state index contributed by atoms with van der Waals surface area (Å²) in [5, 5.41) is 7.50. The van der Waals surface area contributed by atoms with Crippen molar-refractivity contribution in [3.05, 3.63) is 71.1 Å². The Hall–Kier alpha value is -0.0925. The van der Waals surface area contributed by atoms with Crippen molar-refractivity contribution in [2.24, 2.45) is 23.7 Å². The predicted molar refractivity (Wildman–Crippen MR) is 236 cm³/mol. The second-order valence-corrected chi connectivity index (χ2v) is 46.0. The maximum absolute atomic E-state index is 2.71. The summed E-state index contributed by atoms with van der Waals surface area (Å²) in [6, 6.07) is 10.2. The van der Waals surface area contributed by atoms with Crippen LogP contribution in [0, 0.1) is 23.7 Å². The summed E-state index contributed by atoms with van der Waals surface area (Å²) in [4.78, 5) is 0. The zero-order chi connectivity index (χ0) is 35.1. The second-order valence-electron chi connectivity index (χ2n) is 20.3. The molecule has 48 heavy (non-hydrogen) atoms. The van der Waals surface area contributed by atoms with Gasteiger partial charge in [-0.25, -0.2) is 0 Å². The molecular formula is C42H72P2Si4. The van der Waals surface area contributed by atoms with Gasteiger partial charge in [0.15, 0.2) is 0 Å². The van der Waals surface area contributed by atoms with Gasteiger partial charge in [0, 0.05) is 16.1 Å². The third kappa shape index (κ3) is 9.46. The van der Waals surface area contributed by atoms with E-state index in [1.54, 1.807) is 0 Å². The lowest BCUT2D eigenvalue weighted by atomic mass is 10.1. The number of hydrogen-bond acceptors (Lipinski definition) is 0. The van der Waals surface area contributed by atoms with Gasteiger partial charge in [0.1, 0.15) is 0 Å². The van der Waals surface area contributed by atoms with Crippen LogP contribution in [0.15, 0.2) is 71.1 Å². The Morgan fingerprint density at radius 3 is 1.25 bits per heavy atom. The Kier molecular flexibility index (Phi) is 12.6. The third-order valence-corrected chi connectivity index (χ3v) is 28.8. The topological polar surface area (TPSA) is 0 Å². The molecule has 0 fully saturated rings. The van der Waals surface area contributed by atoms with E-state index in [2.05, 4.69) is 139 Å². The molecule has 1 aromatic carbocycles. The predicted octanol–water partition coefficient (Wildman–Crippen LogP) is 12.9. The van der Waals surface area contributed by atoms with E-state index in [0.29, 0.717) is 0 Å². The van der Waals surface area contributed by atoms with Gasteiger partial charge < -0.3 is 0 Å². The molecule has 0 heterocycles. The molecule has 4 aliphatic carbocycles. The van der Waals surface area contributed by atoms with Crippen molar-refractivity contribution in [1.29, 1.82) is 0 Å².